The molecule has 2 N–H and O–H groups in total. The maximum absolute atomic E-state index is 10.2. The van der Waals surface area contributed by atoms with Gasteiger partial charge in [0, 0.05) is 17.3 Å². The number of aromatic hydroxyl groups is 2. The largest absolute Gasteiger partial charge is 0.504 e. The molecule has 1 spiro atoms. The quantitative estimate of drug-likeness (QED) is 0.547. The van der Waals surface area contributed by atoms with Crippen molar-refractivity contribution in [3.05, 3.63) is 62.8 Å². The highest BCUT2D eigenvalue weighted by Crippen LogP contribution is 2.57. The second-order valence-electron chi connectivity index (χ2n) is 6.93. The number of nitrogens with zero attached hydrogens (tertiary/aromatic N) is 2. The number of phenols is 2. The second kappa shape index (κ2) is 4.97. The number of hydrogen-bond donors (Lipinski definition) is 2. The molecule has 0 radical (unpaired) electrons. The first-order valence-corrected chi connectivity index (χ1v) is 9.71. The van der Waals surface area contributed by atoms with Crippen molar-refractivity contribution in [3.63, 3.8) is 0 Å². The van der Waals surface area contributed by atoms with E-state index in [-0.39, 0.29) is 11.5 Å². The summed E-state index contributed by atoms with van der Waals surface area (Å²) in [5.74, 6) is 1.09. The van der Waals surface area contributed by atoms with Gasteiger partial charge >= 0.3 is 0 Å². The van der Waals surface area contributed by atoms with E-state index in [9.17, 15) is 10.2 Å². The van der Waals surface area contributed by atoms with E-state index in [1.165, 1.54) is 6.07 Å². The predicted molar refractivity (Wildman–Crippen MR) is 105 cm³/mol. The molecule has 6 rings (SSSR count). The van der Waals surface area contributed by atoms with Gasteiger partial charge in [-0.25, -0.2) is 4.99 Å². The van der Waals surface area contributed by atoms with E-state index >= 15 is 0 Å². The molecule has 3 aliphatic rings. The van der Waals surface area contributed by atoms with Crippen LogP contribution in [-0.4, -0.2) is 22.7 Å². The molecular weight excluding hydrogens is 384 g/mol. The molecule has 27 heavy (non-hydrogen) atoms. The Bertz CT molecular complexity index is 1170. The fourth-order valence-corrected chi connectivity index (χ4v) is 5.58. The summed E-state index contributed by atoms with van der Waals surface area (Å²) in [6, 6.07) is 13.1. The number of thiophene rings is 1. The number of hydrogen-bond acceptors (Lipinski definition) is 6. The summed E-state index contributed by atoms with van der Waals surface area (Å²) in [5.41, 5.74) is 3.25. The van der Waals surface area contributed by atoms with E-state index in [1.54, 1.807) is 17.4 Å². The third-order valence-corrected chi connectivity index (χ3v) is 6.80. The van der Waals surface area contributed by atoms with E-state index in [1.807, 2.05) is 18.2 Å². The Hall–Kier alpha value is -2.70. The number of anilines is 1. The van der Waals surface area contributed by atoms with Gasteiger partial charge in [-0.2, -0.15) is 0 Å². The van der Waals surface area contributed by atoms with Crippen LogP contribution < -0.4 is 9.64 Å². The van der Waals surface area contributed by atoms with Crippen LogP contribution in [0.1, 0.15) is 16.0 Å². The van der Waals surface area contributed by atoms with Gasteiger partial charge in [-0.05, 0) is 23.8 Å². The molecule has 0 fully saturated rings. The molecule has 1 unspecified atom stereocenters. The zero-order chi connectivity index (χ0) is 18.3. The first-order valence-electron chi connectivity index (χ1n) is 8.51. The fraction of sp³-hybridized carbons (Fsp3) is 0.150. The van der Waals surface area contributed by atoms with Gasteiger partial charge < -0.3 is 19.8 Å². The highest BCUT2D eigenvalue weighted by atomic mass is 35.5. The van der Waals surface area contributed by atoms with Crippen molar-refractivity contribution in [1.29, 1.82) is 0 Å². The topological polar surface area (TPSA) is 65.3 Å². The third kappa shape index (κ3) is 1.82. The Kier molecular flexibility index (Phi) is 2.83. The average Bonchev–Trinajstić information content (AvgIpc) is 3.28. The number of amidine groups is 1. The number of phenolic OH excluding ortho intramolecular Hbond substituents is 2. The molecule has 1 atom stereocenters. The SMILES string of the molecule is Oc1cc2c(cc1O)C1(CO2)C2=Nc3cc(Cl)sc3CN2c2ccccc21. The Morgan fingerprint density at radius 1 is 1.11 bits per heavy atom. The Morgan fingerprint density at radius 2 is 1.93 bits per heavy atom. The monoisotopic (exact) mass is 396 g/mol. The van der Waals surface area contributed by atoms with Crippen molar-refractivity contribution in [1.82, 2.24) is 0 Å². The number of fused-ring (bicyclic) bond motifs is 8. The van der Waals surface area contributed by atoms with Gasteiger partial charge in [0.2, 0.25) is 0 Å². The molecule has 134 valence electrons. The molecular formula is C20H13ClN2O3S. The predicted octanol–water partition coefficient (Wildman–Crippen LogP) is 4.56. The molecule has 0 saturated heterocycles. The van der Waals surface area contributed by atoms with Gasteiger partial charge in [0.25, 0.3) is 0 Å². The van der Waals surface area contributed by atoms with Crippen LogP contribution in [0.3, 0.4) is 0 Å². The minimum atomic E-state index is -0.622. The van der Waals surface area contributed by atoms with Crippen LogP contribution in [0.25, 0.3) is 0 Å². The number of para-hydroxylation sites is 1. The van der Waals surface area contributed by atoms with Gasteiger partial charge in [0.1, 0.15) is 23.6 Å². The molecule has 0 amide bonds. The van der Waals surface area contributed by atoms with Crippen LogP contribution in [0.15, 0.2) is 47.5 Å². The van der Waals surface area contributed by atoms with Gasteiger partial charge in [0.15, 0.2) is 11.5 Å². The first kappa shape index (κ1) is 15.4. The fourth-order valence-electron chi connectivity index (χ4n) is 4.39. The van der Waals surface area contributed by atoms with E-state index in [0.717, 1.165) is 37.6 Å². The van der Waals surface area contributed by atoms with Crippen molar-refractivity contribution in [2.75, 3.05) is 11.5 Å². The summed E-state index contributed by atoms with van der Waals surface area (Å²) >= 11 is 7.77. The van der Waals surface area contributed by atoms with E-state index < -0.39 is 5.41 Å². The van der Waals surface area contributed by atoms with Crippen LogP contribution in [0.5, 0.6) is 17.2 Å². The van der Waals surface area contributed by atoms with Gasteiger partial charge in [-0.1, -0.05) is 29.8 Å². The molecule has 0 saturated carbocycles. The molecule has 1 aromatic heterocycles. The Labute approximate surface area is 163 Å². The highest BCUT2D eigenvalue weighted by molar-refractivity contribution is 7.16. The highest BCUT2D eigenvalue weighted by Gasteiger charge is 2.56. The summed E-state index contributed by atoms with van der Waals surface area (Å²) in [6.45, 7) is 1.06. The summed E-state index contributed by atoms with van der Waals surface area (Å²) < 4.78 is 6.69. The first-order chi connectivity index (χ1) is 13.1. The molecule has 7 heteroatoms. The molecule has 2 aromatic carbocycles. The lowest BCUT2D eigenvalue weighted by molar-refractivity contribution is 0.324. The lowest BCUT2D eigenvalue weighted by Gasteiger charge is -2.30. The summed E-state index contributed by atoms with van der Waals surface area (Å²) in [4.78, 5) is 8.30. The van der Waals surface area contributed by atoms with Gasteiger partial charge in [-0.15, -0.1) is 11.3 Å². The van der Waals surface area contributed by atoms with Crippen LogP contribution in [0, 0.1) is 0 Å². The molecule has 0 bridgehead atoms. The minimum absolute atomic E-state index is 0.162. The lowest BCUT2D eigenvalue weighted by atomic mass is 9.76. The van der Waals surface area contributed by atoms with E-state index in [0.29, 0.717) is 18.9 Å². The number of ether oxygens (including phenoxy) is 1. The van der Waals surface area contributed by atoms with Crippen molar-refractivity contribution in [2.24, 2.45) is 4.99 Å². The standard InChI is InChI=1S/C20H13ClN2O3S/c21-18-6-12-17(27-18)8-23-13-4-2-1-3-10(13)20(19(23)22-12)9-26-16-7-15(25)14(24)5-11(16)20/h1-7,24-25H,8-9H2. The smallest absolute Gasteiger partial charge is 0.161 e. The second-order valence-corrected chi connectivity index (χ2v) is 8.70. The minimum Gasteiger partial charge on any atom is -0.504 e. The Morgan fingerprint density at radius 3 is 2.81 bits per heavy atom. The summed E-state index contributed by atoms with van der Waals surface area (Å²) in [7, 11) is 0. The lowest BCUT2D eigenvalue weighted by Crippen LogP contribution is -2.43. The maximum atomic E-state index is 10.2. The van der Waals surface area contributed by atoms with Crippen molar-refractivity contribution in [3.8, 4) is 17.2 Å². The number of rotatable bonds is 0. The van der Waals surface area contributed by atoms with Crippen LogP contribution in [0.2, 0.25) is 4.34 Å². The zero-order valence-electron chi connectivity index (χ0n) is 13.9. The molecule has 0 aliphatic carbocycles. The molecule has 4 heterocycles. The third-order valence-electron chi connectivity index (χ3n) is 5.56. The van der Waals surface area contributed by atoms with Crippen LogP contribution >= 0.6 is 22.9 Å². The van der Waals surface area contributed by atoms with Crippen molar-refractivity contribution < 1.29 is 14.9 Å². The van der Waals surface area contributed by atoms with Gasteiger partial charge in [-0.3, -0.25) is 0 Å². The molecule has 3 aliphatic heterocycles. The van der Waals surface area contributed by atoms with Gasteiger partial charge in [0.05, 0.1) is 21.4 Å². The van der Waals surface area contributed by atoms with E-state index in [2.05, 4.69) is 17.0 Å². The summed E-state index contributed by atoms with van der Waals surface area (Å²) in [5, 5.41) is 20.0. The molecule has 3 aromatic rings. The average molecular weight is 397 g/mol. The zero-order valence-corrected chi connectivity index (χ0v) is 15.5. The van der Waals surface area contributed by atoms with E-state index in [4.69, 9.17) is 21.3 Å². The maximum Gasteiger partial charge on any atom is 0.161 e. The van der Waals surface area contributed by atoms with Crippen LogP contribution in [-0.2, 0) is 12.0 Å². The number of aliphatic imine (C=N–C) groups is 1. The van der Waals surface area contributed by atoms with Crippen LogP contribution in [0.4, 0.5) is 11.4 Å². The Balaban J connectivity index is 1.68. The summed E-state index contributed by atoms with van der Waals surface area (Å²) in [6.07, 6.45) is 0. The number of halogens is 1. The normalized spacial score (nSPS) is 21.4. The van der Waals surface area contributed by atoms with Crippen molar-refractivity contribution >= 4 is 40.1 Å². The van der Waals surface area contributed by atoms with Crippen molar-refractivity contribution in [2.45, 2.75) is 12.0 Å². The molecule has 5 nitrogen and oxygen atoms in total. The number of benzene rings is 2.